The lowest BCUT2D eigenvalue weighted by molar-refractivity contribution is -0.0886. The molecule has 2 fully saturated rings. The lowest BCUT2D eigenvalue weighted by atomic mass is 9.71. The van der Waals surface area contributed by atoms with Crippen molar-refractivity contribution >= 4 is 11.7 Å². The van der Waals surface area contributed by atoms with Crippen LogP contribution in [0.2, 0.25) is 0 Å². The molecule has 2 N–H and O–H groups in total. The van der Waals surface area contributed by atoms with Crippen molar-refractivity contribution in [2.24, 2.45) is 5.92 Å². The lowest BCUT2D eigenvalue weighted by Gasteiger charge is -2.47. The Labute approximate surface area is 124 Å². The Morgan fingerprint density at radius 2 is 2.24 bits per heavy atom. The molecular weight excluding hydrogens is 268 g/mol. The first-order valence-electron chi connectivity index (χ1n) is 7.65. The minimum atomic E-state index is -0.559. The van der Waals surface area contributed by atoms with Crippen LogP contribution in [0.1, 0.15) is 42.6 Å². The molecule has 1 aliphatic heterocycles. The summed E-state index contributed by atoms with van der Waals surface area (Å²) in [6.07, 6.45) is 4.79. The predicted molar refractivity (Wildman–Crippen MR) is 79.0 cm³/mol. The van der Waals surface area contributed by atoms with Crippen LogP contribution < -0.4 is 5.32 Å². The number of fused-ring (bicyclic) bond motifs is 1. The topological polar surface area (TPSA) is 78.4 Å². The molecule has 1 aliphatic carbocycles. The van der Waals surface area contributed by atoms with E-state index in [0.717, 1.165) is 25.7 Å². The molecule has 1 aromatic heterocycles. The highest BCUT2D eigenvalue weighted by molar-refractivity contribution is 5.92. The zero-order valence-corrected chi connectivity index (χ0v) is 12.4. The van der Waals surface area contributed by atoms with Gasteiger partial charge >= 0.3 is 0 Å². The van der Waals surface area contributed by atoms with Gasteiger partial charge in [0, 0.05) is 26.1 Å². The van der Waals surface area contributed by atoms with E-state index >= 15 is 0 Å². The predicted octanol–water partition coefficient (Wildman–Crippen LogP) is 1.29. The van der Waals surface area contributed by atoms with Gasteiger partial charge in [-0.05, 0) is 31.4 Å². The number of aromatic nitrogens is 2. The highest BCUT2D eigenvalue weighted by Crippen LogP contribution is 2.39. The quantitative estimate of drug-likeness (QED) is 0.858. The van der Waals surface area contributed by atoms with Gasteiger partial charge in [0.25, 0.3) is 5.91 Å². The van der Waals surface area contributed by atoms with Crippen molar-refractivity contribution in [2.75, 3.05) is 25.5 Å². The van der Waals surface area contributed by atoms with Crippen LogP contribution in [0.4, 0.5) is 5.82 Å². The number of amides is 1. The van der Waals surface area contributed by atoms with Crippen molar-refractivity contribution in [1.82, 2.24) is 15.1 Å². The van der Waals surface area contributed by atoms with Crippen LogP contribution >= 0.6 is 0 Å². The molecule has 1 amide bonds. The standard InChI is InChI=1S/C15H22N4O2/c1-16-13-6-5-12(17-18-13)14(20)19-9-8-15(21)7-3-2-4-11(15)10-19/h5-6,11,21H,2-4,7-10H2,1H3,(H,16,18). The average molecular weight is 290 g/mol. The van der Waals surface area contributed by atoms with Crippen molar-refractivity contribution in [2.45, 2.75) is 37.7 Å². The summed E-state index contributed by atoms with van der Waals surface area (Å²) in [5, 5.41) is 21.5. The van der Waals surface area contributed by atoms with Crippen molar-refractivity contribution in [3.63, 3.8) is 0 Å². The molecule has 6 heteroatoms. The van der Waals surface area contributed by atoms with Crippen LogP contribution in [0.5, 0.6) is 0 Å². The fourth-order valence-corrected chi connectivity index (χ4v) is 3.50. The Bertz CT molecular complexity index is 519. The van der Waals surface area contributed by atoms with Gasteiger partial charge in [0.1, 0.15) is 5.82 Å². The van der Waals surface area contributed by atoms with Crippen LogP contribution in [0.25, 0.3) is 0 Å². The van der Waals surface area contributed by atoms with Crippen molar-refractivity contribution in [3.8, 4) is 0 Å². The molecule has 2 aliphatic rings. The molecule has 114 valence electrons. The zero-order chi connectivity index (χ0) is 14.9. The number of rotatable bonds is 2. The summed E-state index contributed by atoms with van der Waals surface area (Å²) in [6, 6.07) is 3.45. The van der Waals surface area contributed by atoms with E-state index in [1.807, 2.05) is 4.90 Å². The number of nitrogens with one attached hydrogen (secondary N) is 1. The van der Waals surface area contributed by atoms with Crippen LogP contribution in [0.3, 0.4) is 0 Å². The second kappa shape index (κ2) is 5.60. The summed E-state index contributed by atoms with van der Waals surface area (Å²) in [4.78, 5) is 14.3. The van der Waals surface area contributed by atoms with E-state index in [9.17, 15) is 9.90 Å². The third-order valence-electron chi connectivity index (χ3n) is 4.85. The summed E-state index contributed by atoms with van der Waals surface area (Å²) < 4.78 is 0. The first-order chi connectivity index (χ1) is 10.1. The number of aliphatic hydroxyl groups is 1. The van der Waals surface area contributed by atoms with Crippen molar-refractivity contribution in [3.05, 3.63) is 17.8 Å². The fourth-order valence-electron chi connectivity index (χ4n) is 3.50. The van der Waals surface area contributed by atoms with E-state index in [4.69, 9.17) is 0 Å². The molecule has 1 aromatic rings. The average Bonchev–Trinajstić information content (AvgIpc) is 2.53. The maximum Gasteiger partial charge on any atom is 0.274 e. The van der Waals surface area contributed by atoms with Crippen molar-refractivity contribution < 1.29 is 9.90 Å². The number of likely N-dealkylation sites (tertiary alicyclic amines) is 1. The Kier molecular flexibility index (Phi) is 3.80. The van der Waals surface area contributed by atoms with E-state index in [0.29, 0.717) is 31.0 Å². The van der Waals surface area contributed by atoms with Crippen LogP contribution in [-0.4, -0.2) is 51.8 Å². The number of hydrogen-bond acceptors (Lipinski definition) is 5. The van der Waals surface area contributed by atoms with Gasteiger partial charge < -0.3 is 15.3 Å². The van der Waals surface area contributed by atoms with Gasteiger partial charge in [0.05, 0.1) is 5.60 Å². The van der Waals surface area contributed by atoms with Gasteiger partial charge in [-0.25, -0.2) is 0 Å². The first kappa shape index (κ1) is 14.3. The van der Waals surface area contributed by atoms with Crippen LogP contribution in [-0.2, 0) is 0 Å². The first-order valence-corrected chi connectivity index (χ1v) is 7.65. The minimum absolute atomic E-state index is 0.0854. The smallest absolute Gasteiger partial charge is 0.274 e. The number of carbonyl (C=O) groups is 1. The SMILES string of the molecule is CNc1ccc(C(=O)N2CCC3(O)CCCCC3C2)nn1. The molecule has 2 heterocycles. The third-order valence-corrected chi connectivity index (χ3v) is 4.85. The fraction of sp³-hybridized carbons (Fsp3) is 0.667. The Morgan fingerprint density at radius 3 is 2.95 bits per heavy atom. The monoisotopic (exact) mass is 290 g/mol. The molecule has 6 nitrogen and oxygen atoms in total. The highest BCUT2D eigenvalue weighted by atomic mass is 16.3. The van der Waals surface area contributed by atoms with E-state index < -0.39 is 5.60 Å². The lowest BCUT2D eigenvalue weighted by Crippen LogP contribution is -2.54. The second-order valence-corrected chi connectivity index (χ2v) is 6.10. The second-order valence-electron chi connectivity index (χ2n) is 6.10. The molecular formula is C15H22N4O2. The number of hydrogen-bond donors (Lipinski definition) is 2. The molecule has 3 rings (SSSR count). The molecule has 1 saturated carbocycles. The maximum atomic E-state index is 12.5. The van der Waals surface area contributed by atoms with Gasteiger partial charge in [-0.1, -0.05) is 12.8 Å². The summed E-state index contributed by atoms with van der Waals surface area (Å²) in [5.41, 5.74) is -0.188. The van der Waals surface area contributed by atoms with Gasteiger partial charge in [0.15, 0.2) is 5.69 Å². The Hall–Kier alpha value is -1.69. The number of piperidine rings is 1. The van der Waals surface area contributed by atoms with Gasteiger partial charge in [0.2, 0.25) is 0 Å². The summed E-state index contributed by atoms with van der Waals surface area (Å²) in [7, 11) is 1.76. The molecule has 0 radical (unpaired) electrons. The summed E-state index contributed by atoms with van der Waals surface area (Å²) >= 11 is 0. The van der Waals surface area contributed by atoms with E-state index in [1.54, 1.807) is 19.2 Å². The molecule has 0 spiro atoms. The van der Waals surface area contributed by atoms with Gasteiger partial charge in [-0.2, -0.15) is 0 Å². The van der Waals surface area contributed by atoms with Crippen LogP contribution in [0.15, 0.2) is 12.1 Å². The van der Waals surface area contributed by atoms with E-state index in [1.165, 1.54) is 0 Å². The number of nitrogens with zero attached hydrogens (tertiary/aromatic N) is 3. The third kappa shape index (κ3) is 2.72. The van der Waals surface area contributed by atoms with Gasteiger partial charge in [-0.15, -0.1) is 10.2 Å². The largest absolute Gasteiger partial charge is 0.389 e. The molecule has 1 saturated heterocycles. The molecule has 0 bridgehead atoms. The molecule has 2 atom stereocenters. The molecule has 0 aromatic carbocycles. The Morgan fingerprint density at radius 1 is 1.38 bits per heavy atom. The summed E-state index contributed by atoms with van der Waals surface area (Å²) in [5.74, 6) is 0.762. The minimum Gasteiger partial charge on any atom is -0.389 e. The highest BCUT2D eigenvalue weighted by Gasteiger charge is 2.43. The normalized spacial score (nSPS) is 28.9. The Balaban J connectivity index is 1.70. The van der Waals surface area contributed by atoms with Gasteiger partial charge in [-0.3, -0.25) is 4.79 Å². The van der Waals surface area contributed by atoms with Crippen LogP contribution in [0, 0.1) is 5.92 Å². The maximum absolute atomic E-state index is 12.5. The molecule has 2 unspecified atom stereocenters. The van der Waals surface area contributed by atoms with Crippen molar-refractivity contribution in [1.29, 1.82) is 0 Å². The number of anilines is 1. The van der Waals surface area contributed by atoms with E-state index in [-0.39, 0.29) is 11.8 Å². The number of carbonyl (C=O) groups excluding carboxylic acids is 1. The summed E-state index contributed by atoms with van der Waals surface area (Å²) in [6.45, 7) is 1.23. The molecule has 21 heavy (non-hydrogen) atoms. The zero-order valence-electron chi connectivity index (χ0n) is 12.4. The van der Waals surface area contributed by atoms with E-state index in [2.05, 4.69) is 15.5 Å².